The summed E-state index contributed by atoms with van der Waals surface area (Å²) in [5, 5.41) is 3.42. The van der Waals surface area contributed by atoms with Crippen molar-refractivity contribution >= 4 is 28.7 Å². The highest BCUT2D eigenvalue weighted by Gasteiger charge is 2.50. The Bertz CT molecular complexity index is 543. The number of rotatable bonds is 2. The van der Waals surface area contributed by atoms with E-state index in [1.807, 2.05) is 6.92 Å². The Hall–Kier alpha value is -1.03. The second-order valence-electron chi connectivity index (χ2n) is 7.49. The average molecular weight is 292 g/mol. The molecule has 20 heavy (non-hydrogen) atoms. The largest absolute Gasteiger partial charge is 0.376 e. The van der Waals surface area contributed by atoms with E-state index in [1.54, 1.807) is 6.92 Å². The van der Waals surface area contributed by atoms with E-state index in [2.05, 4.69) is 44.1 Å². The Kier molecular flexibility index (Phi) is 3.44. The molecule has 0 bridgehead atoms. The van der Waals surface area contributed by atoms with Crippen LogP contribution in [0.1, 0.15) is 54.4 Å². The first kappa shape index (κ1) is 15.4. The first-order valence-corrected chi connectivity index (χ1v) is 7.51. The Morgan fingerprint density at radius 1 is 1.25 bits per heavy atom. The van der Waals surface area contributed by atoms with Crippen molar-refractivity contribution < 1.29 is 4.79 Å². The molecule has 0 saturated carbocycles. The third kappa shape index (κ3) is 2.34. The molecular weight excluding hydrogens is 268 g/mol. The smallest absolute Gasteiger partial charge is 0.155 e. The molecule has 110 valence electrons. The number of hydrogen-bond acceptors (Lipinski definition) is 3. The van der Waals surface area contributed by atoms with Crippen LogP contribution in [0.5, 0.6) is 0 Å². The number of allylic oxidation sites excluding steroid dienone is 2. The number of nitrogens with zero attached hydrogens (tertiary/aromatic N) is 1. The first-order valence-electron chi connectivity index (χ1n) is 7.10. The normalized spacial score (nSPS) is 33.2. The van der Waals surface area contributed by atoms with E-state index in [0.29, 0.717) is 0 Å². The highest BCUT2D eigenvalue weighted by Crippen LogP contribution is 2.44. The zero-order valence-electron chi connectivity index (χ0n) is 13.3. The van der Waals surface area contributed by atoms with Crippen molar-refractivity contribution in [1.29, 1.82) is 0 Å². The number of thiocarbonyl (C=S) groups is 1. The number of carbonyl (C=O) groups is 1. The van der Waals surface area contributed by atoms with E-state index in [0.717, 1.165) is 29.2 Å². The molecule has 0 spiro atoms. The Labute approximate surface area is 126 Å². The van der Waals surface area contributed by atoms with Crippen LogP contribution >= 0.6 is 12.2 Å². The quantitative estimate of drug-likeness (QED) is 0.793. The average Bonchev–Trinajstić information content (AvgIpc) is 2.62. The van der Waals surface area contributed by atoms with Crippen molar-refractivity contribution in [3.05, 3.63) is 11.8 Å². The second kappa shape index (κ2) is 4.48. The van der Waals surface area contributed by atoms with Crippen molar-refractivity contribution in [3.63, 3.8) is 0 Å². The number of ketones is 1. The maximum Gasteiger partial charge on any atom is 0.155 e. The lowest BCUT2D eigenvalue weighted by Crippen LogP contribution is -2.52. The molecule has 0 aromatic heterocycles. The molecule has 2 rings (SSSR count). The van der Waals surface area contributed by atoms with Gasteiger partial charge in [0.05, 0.1) is 5.54 Å². The van der Waals surface area contributed by atoms with Gasteiger partial charge in [-0.25, -0.2) is 4.99 Å². The molecule has 1 atom stereocenters. The van der Waals surface area contributed by atoms with Crippen molar-refractivity contribution in [3.8, 4) is 0 Å². The van der Waals surface area contributed by atoms with Gasteiger partial charge in [-0.3, -0.25) is 4.79 Å². The van der Waals surface area contributed by atoms with Gasteiger partial charge < -0.3 is 5.32 Å². The molecule has 4 heteroatoms. The molecule has 1 N–H and O–H groups in total. The molecule has 1 saturated heterocycles. The fraction of sp³-hybridized carbons (Fsp3) is 0.688. The van der Waals surface area contributed by atoms with Gasteiger partial charge in [0, 0.05) is 23.2 Å². The van der Waals surface area contributed by atoms with E-state index < -0.39 is 5.54 Å². The van der Waals surface area contributed by atoms with Gasteiger partial charge in [-0.15, -0.1) is 0 Å². The lowest BCUT2D eigenvalue weighted by molar-refractivity contribution is -0.125. The number of carbonyl (C=O) groups excluding carboxylic acids is 1. The summed E-state index contributed by atoms with van der Waals surface area (Å²) in [7, 11) is 0. The summed E-state index contributed by atoms with van der Waals surface area (Å²) in [6, 6.07) is 0. The highest BCUT2D eigenvalue weighted by molar-refractivity contribution is 7.80. The molecular formula is C16H24N2OS. The summed E-state index contributed by atoms with van der Waals surface area (Å²) in [5.74, 6) is 0.175. The van der Waals surface area contributed by atoms with E-state index in [4.69, 9.17) is 12.2 Å². The standard InChI is InChI=1S/C16H24N2OS/c1-10(19)16(6)15(4,5)8-11(18-16)7-12-14(2,3)9-13(20)17-12/h7,18H,8-9H2,1-6H3/b11-7+. The zero-order valence-corrected chi connectivity index (χ0v) is 14.1. The van der Waals surface area contributed by atoms with Crippen LogP contribution < -0.4 is 5.32 Å². The van der Waals surface area contributed by atoms with Crippen LogP contribution in [-0.2, 0) is 4.79 Å². The first-order chi connectivity index (χ1) is 8.98. The van der Waals surface area contributed by atoms with Gasteiger partial charge >= 0.3 is 0 Å². The minimum atomic E-state index is -0.511. The molecule has 3 nitrogen and oxygen atoms in total. The van der Waals surface area contributed by atoms with Crippen LogP contribution in [0.4, 0.5) is 0 Å². The van der Waals surface area contributed by atoms with Gasteiger partial charge in [0.1, 0.15) is 4.99 Å². The molecule has 1 unspecified atom stereocenters. The van der Waals surface area contributed by atoms with E-state index in [9.17, 15) is 4.79 Å². The lowest BCUT2D eigenvalue weighted by Gasteiger charge is -2.35. The third-order valence-corrected chi connectivity index (χ3v) is 5.18. The lowest BCUT2D eigenvalue weighted by atomic mass is 9.72. The van der Waals surface area contributed by atoms with E-state index in [-0.39, 0.29) is 16.6 Å². The third-order valence-electron chi connectivity index (χ3n) is 4.94. The molecule has 2 heterocycles. The Balaban J connectivity index is 2.34. The topological polar surface area (TPSA) is 41.5 Å². The number of Topliss-reactive ketones (excluding diaryl/α,β-unsaturated/α-hetero) is 1. The van der Waals surface area contributed by atoms with Gasteiger partial charge in [0.2, 0.25) is 0 Å². The summed E-state index contributed by atoms with van der Waals surface area (Å²) >= 11 is 5.23. The highest BCUT2D eigenvalue weighted by atomic mass is 32.1. The molecule has 0 aromatic rings. The molecule has 0 aliphatic carbocycles. The van der Waals surface area contributed by atoms with E-state index >= 15 is 0 Å². The maximum absolute atomic E-state index is 12.0. The van der Waals surface area contributed by atoms with Crippen LogP contribution in [0.2, 0.25) is 0 Å². The summed E-state index contributed by atoms with van der Waals surface area (Å²) in [6.07, 6.45) is 3.77. The van der Waals surface area contributed by atoms with Crippen molar-refractivity contribution in [2.75, 3.05) is 0 Å². The van der Waals surface area contributed by atoms with Gasteiger partial charge in [-0.1, -0.05) is 39.9 Å². The summed E-state index contributed by atoms with van der Waals surface area (Å²) in [6.45, 7) is 12.2. The molecule has 0 amide bonds. The minimum Gasteiger partial charge on any atom is -0.376 e. The Morgan fingerprint density at radius 3 is 2.25 bits per heavy atom. The molecule has 1 fully saturated rings. The van der Waals surface area contributed by atoms with Gasteiger partial charge in [0.25, 0.3) is 0 Å². The number of aliphatic imine (C=N–C) groups is 1. The zero-order chi connectivity index (χ0) is 15.3. The van der Waals surface area contributed by atoms with Crippen LogP contribution in [0.3, 0.4) is 0 Å². The minimum absolute atomic E-state index is 0.00881. The van der Waals surface area contributed by atoms with Crippen molar-refractivity contribution in [1.82, 2.24) is 5.32 Å². The van der Waals surface area contributed by atoms with Crippen molar-refractivity contribution in [2.45, 2.75) is 59.9 Å². The summed E-state index contributed by atoms with van der Waals surface area (Å²) in [4.78, 5) is 17.3. The second-order valence-corrected chi connectivity index (χ2v) is 7.96. The van der Waals surface area contributed by atoms with Crippen LogP contribution in [0.25, 0.3) is 0 Å². The predicted octanol–water partition coefficient (Wildman–Crippen LogP) is 3.44. The van der Waals surface area contributed by atoms with Crippen LogP contribution in [0, 0.1) is 10.8 Å². The molecule has 2 aliphatic rings. The number of hydrogen-bond donors (Lipinski definition) is 1. The van der Waals surface area contributed by atoms with Crippen LogP contribution in [0.15, 0.2) is 16.8 Å². The summed E-state index contributed by atoms with van der Waals surface area (Å²) in [5.41, 5.74) is 1.49. The Morgan fingerprint density at radius 2 is 1.85 bits per heavy atom. The predicted molar refractivity (Wildman–Crippen MR) is 87.1 cm³/mol. The van der Waals surface area contributed by atoms with E-state index in [1.165, 1.54) is 0 Å². The SMILES string of the molecule is CC(=O)C1(C)N/C(=C/C2=NC(=S)CC2(C)C)CC1(C)C. The fourth-order valence-corrected chi connectivity index (χ4v) is 3.48. The maximum atomic E-state index is 12.0. The number of nitrogens with one attached hydrogen (secondary N) is 1. The molecule has 2 aliphatic heterocycles. The summed E-state index contributed by atoms with van der Waals surface area (Å²) < 4.78 is 0. The van der Waals surface area contributed by atoms with Gasteiger partial charge in [-0.05, 0) is 31.8 Å². The van der Waals surface area contributed by atoms with Crippen molar-refractivity contribution in [2.24, 2.45) is 15.8 Å². The molecule has 0 radical (unpaired) electrons. The van der Waals surface area contributed by atoms with Crippen LogP contribution in [-0.4, -0.2) is 22.0 Å². The monoisotopic (exact) mass is 292 g/mol. The van der Waals surface area contributed by atoms with Gasteiger partial charge in [0.15, 0.2) is 5.78 Å². The van der Waals surface area contributed by atoms with Gasteiger partial charge in [-0.2, -0.15) is 0 Å². The fourth-order valence-electron chi connectivity index (χ4n) is 3.03. The molecule has 0 aromatic carbocycles.